The molecule has 0 aromatic carbocycles. The van der Waals surface area contributed by atoms with Crippen LogP contribution >= 0.6 is 23.1 Å². The van der Waals surface area contributed by atoms with Crippen molar-refractivity contribution in [1.82, 2.24) is 4.98 Å². The quantitative estimate of drug-likeness (QED) is 0.874. The number of thiazole rings is 1. The van der Waals surface area contributed by atoms with Crippen molar-refractivity contribution in [2.75, 3.05) is 0 Å². The average molecular weight is 305 g/mol. The van der Waals surface area contributed by atoms with Crippen molar-refractivity contribution in [3.8, 4) is 0 Å². The highest BCUT2D eigenvalue weighted by atomic mass is 32.2. The third-order valence-electron chi connectivity index (χ3n) is 5.32. The standard InChI is InChI=1S/C15H15NO2S2/c17-15-16-14-13(20-15)11(9-2-1-5-18-9)10-7-3-4-8(6-7)12(10)19-14/h1-2,5,7-8,10-12H,3-4,6H2,(H,16,17)/t7-,8-,10+,11+,12+/m0/s1. The summed E-state index contributed by atoms with van der Waals surface area (Å²) in [6.07, 6.45) is 5.86. The lowest BCUT2D eigenvalue weighted by atomic mass is 9.77. The van der Waals surface area contributed by atoms with Crippen LogP contribution in [0.1, 0.15) is 35.8 Å². The normalized spacial score (nSPS) is 37.9. The van der Waals surface area contributed by atoms with Gasteiger partial charge in [0, 0.05) is 5.25 Å². The van der Waals surface area contributed by atoms with Crippen LogP contribution < -0.4 is 4.87 Å². The second-order valence-electron chi connectivity index (χ2n) is 6.19. The van der Waals surface area contributed by atoms with Crippen LogP contribution in [0.4, 0.5) is 0 Å². The topological polar surface area (TPSA) is 46.0 Å². The molecule has 3 aliphatic rings. The number of hydrogen-bond donors (Lipinski definition) is 1. The Morgan fingerprint density at radius 1 is 1.30 bits per heavy atom. The monoisotopic (exact) mass is 305 g/mol. The maximum Gasteiger partial charge on any atom is 0.305 e. The number of furan rings is 1. The van der Waals surface area contributed by atoms with E-state index in [1.165, 1.54) is 35.5 Å². The molecular weight excluding hydrogens is 290 g/mol. The first-order valence-corrected chi connectivity index (χ1v) is 8.94. The highest BCUT2D eigenvalue weighted by molar-refractivity contribution is 8.00. The van der Waals surface area contributed by atoms with Gasteiger partial charge in [0.2, 0.25) is 0 Å². The molecule has 0 radical (unpaired) electrons. The van der Waals surface area contributed by atoms with Crippen LogP contribution in [0.5, 0.6) is 0 Å². The first-order chi connectivity index (χ1) is 9.81. The van der Waals surface area contributed by atoms with Gasteiger partial charge in [-0.3, -0.25) is 4.79 Å². The minimum atomic E-state index is 0.0753. The van der Waals surface area contributed by atoms with Crippen molar-refractivity contribution in [1.29, 1.82) is 0 Å². The molecule has 20 heavy (non-hydrogen) atoms. The second kappa shape index (κ2) is 4.04. The van der Waals surface area contributed by atoms with Gasteiger partial charge < -0.3 is 9.40 Å². The van der Waals surface area contributed by atoms with Gasteiger partial charge >= 0.3 is 4.87 Å². The van der Waals surface area contributed by atoms with E-state index in [1.807, 2.05) is 17.8 Å². The Bertz CT molecular complexity index is 702. The molecule has 2 bridgehead atoms. The number of thioether (sulfide) groups is 1. The number of H-pyrrole nitrogens is 1. The Morgan fingerprint density at radius 3 is 3.05 bits per heavy atom. The minimum Gasteiger partial charge on any atom is -0.469 e. The molecule has 3 nitrogen and oxygen atoms in total. The van der Waals surface area contributed by atoms with Gasteiger partial charge in [-0.15, -0.1) is 11.8 Å². The summed E-state index contributed by atoms with van der Waals surface area (Å²) >= 11 is 3.31. The summed E-state index contributed by atoms with van der Waals surface area (Å²) in [7, 11) is 0. The number of fused-ring (bicyclic) bond motifs is 6. The van der Waals surface area contributed by atoms with Gasteiger partial charge in [-0.05, 0) is 49.1 Å². The fourth-order valence-electron chi connectivity index (χ4n) is 4.64. The molecule has 2 aliphatic carbocycles. The summed E-state index contributed by atoms with van der Waals surface area (Å²) in [6, 6.07) is 4.05. The van der Waals surface area contributed by atoms with E-state index in [9.17, 15) is 4.79 Å². The third-order valence-corrected chi connectivity index (χ3v) is 7.94. The molecule has 1 N–H and O–H groups in total. The average Bonchev–Trinajstić information content (AvgIpc) is 3.19. The van der Waals surface area contributed by atoms with Crippen molar-refractivity contribution < 1.29 is 4.42 Å². The fraction of sp³-hybridized carbons (Fsp3) is 0.533. The summed E-state index contributed by atoms with van der Waals surface area (Å²) in [5, 5.41) is 1.77. The number of hydrogen-bond acceptors (Lipinski definition) is 4. The van der Waals surface area contributed by atoms with Crippen molar-refractivity contribution in [2.45, 2.75) is 35.5 Å². The summed E-state index contributed by atoms with van der Waals surface area (Å²) < 4.78 is 5.74. The zero-order valence-electron chi connectivity index (χ0n) is 10.9. The van der Waals surface area contributed by atoms with E-state index in [-0.39, 0.29) is 4.87 Å². The highest BCUT2D eigenvalue weighted by Gasteiger charge is 2.55. The molecule has 0 spiro atoms. The Balaban J connectivity index is 1.71. The molecule has 2 aromatic heterocycles. The number of aromatic amines is 1. The van der Waals surface area contributed by atoms with Crippen molar-refractivity contribution in [3.05, 3.63) is 38.7 Å². The predicted molar refractivity (Wildman–Crippen MR) is 79.5 cm³/mol. The van der Waals surface area contributed by atoms with Crippen molar-refractivity contribution in [2.24, 2.45) is 17.8 Å². The molecule has 5 atom stereocenters. The van der Waals surface area contributed by atoms with Crippen LogP contribution in [-0.4, -0.2) is 10.2 Å². The first kappa shape index (κ1) is 11.7. The SMILES string of the molecule is O=c1[nH]c2c(s1)[C@H](c1ccco1)[C@H]1[C@H]3CC[C@@H](C3)[C@H]1S2. The van der Waals surface area contributed by atoms with Gasteiger partial charge in [0.1, 0.15) is 5.76 Å². The van der Waals surface area contributed by atoms with E-state index < -0.39 is 0 Å². The molecule has 0 amide bonds. The molecule has 3 heterocycles. The van der Waals surface area contributed by atoms with Crippen LogP contribution in [0.2, 0.25) is 0 Å². The summed E-state index contributed by atoms with van der Waals surface area (Å²) in [4.78, 5) is 16.1. The van der Waals surface area contributed by atoms with E-state index in [0.29, 0.717) is 17.1 Å². The fourth-order valence-corrected chi connectivity index (χ4v) is 7.51. The molecule has 2 saturated carbocycles. The zero-order chi connectivity index (χ0) is 13.3. The number of nitrogens with one attached hydrogen (secondary N) is 1. The van der Waals surface area contributed by atoms with Crippen LogP contribution in [0.25, 0.3) is 0 Å². The third kappa shape index (κ3) is 1.45. The highest BCUT2D eigenvalue weighted by Crippen LogP contribution is 2.63. The molecule has 5 heteroatoms. The van der Waals surface area contributed by atoms with Crippen LogP contribution in [-0.2, 0) is 0 Å². The Labute approximate surface area is 124 Å². The largest absolute Gasteiger partial charge is 0.469 e. The Morgan fingerprint density at radius 2 is 2.20 bits per heavy atom. The van der Waals surface area contributed by atoms with Gasteiger partial charge in [-0.2, -0.15) is 0 Å². The first-order valence-electron chi connectivity index (χ1n) is 7.24. The lowest BCUT2D eigenvalue weighted by Gasteiger charge is -2.38. The molecule has 2 fully saturated rings. The van der Waals surface area contributed by atoms with Gasteiger partial charge in [-0.1, -0.05) is 11.3 Å². The van der Waals surface area contributed by atoms with E-state index in [0.717, 1.165) is 22.6 Å². The van der Waals surface area contributed by atoms with Crippen LogP contribution in [0.15, 0.2) is 32.6 Å². The molecule has 104 valence electrons. The van der Waals surface area contributed by atoms with Crippen molar-refractivity contribution >= 4 is 23.1 Å². The molecule has 1 aliphatic heterocycles. The predicted octanol–water partition coefficient (Wildman–Crippen LogP) is 3.68. The Hall–Kier alpha value is -0.940. The van der Waals surface area contributed by atoms with E-state index in [1.54, 1.807) is 6.26 Å². The zero-order valence-corrected chi connectivity index (χ0v) is 12.5. The van der Waals surface area contributed by atoms with E-state index >= 15 is 0 Å². The summed E-state index contributed by atoms with van der Waals surface area (Å²) in [6.45, 7) is 0. The maximum atomic E-state index is 11.8. The van der Waals surface area contributed by atoms with Gasteiger partial charge in [0.25, 0.3) is 0 Å². The van der Waals surface area contributed by atoms with Crippen molar-refractivity contribution in [3.63, 3.8) is 0 Å². The molecular formula is C15H15NO2S2. The van der Waals surface area contributed by atoms with Crippen LogP contribution in [0.3, 0.4) is 0 Å². The maximum absolute atomic E-state index is 11.8. The van der Waals surface area contributed by atoms with E-state index in [2.05, 4.69) is 11.1 Å². The van der Waals surface area contributed by atoms with Crippen LogP contribution in [0, 0.1) is 17.8 Å². The van der Waals surface area contributed by atoms with Gasteiger partial charge in [-0.25, -0.2) is 0 Å². The second-order valence-corrected chi connectivity index (χ2v) is 8.40. The molecule has 5 rings (SSSR count). The summed E-state index contributed by atoms with van der Waals surface area (Å²) in [5.74, 6) is 3.65. The summed E-state index contributed by atoms with van der Waals surface area (Å²) in [5.41, 5.74) is 0. The Kier molecular flexibility index (Phi) is 2.36. The molecule has 0 saturated heterocycles. The van der Waals surface area contributed by atoms with E-state index in [4.69, 9.17) is 4.42 Å². The minimum absolute atomic E-state index is 0.0753. The van der Waals surface area contributed by atoms with Gasteiger partial charge in [0.05, 0.1) is 22.1 Å². The molecule has 2 aromatic rings. The lowest BCUT2D eigenvalue weighted by molar-refractivity contribution is 0.283. The lowest BCUT2D eigenvalue weighted by Crippen LogP contribution is -2.33. The molecule has 0 unspecified atom stereocenters. The smallest absolute Gasteiger partial charge is 0.305 e. The van der Waals surface area contributed by atoms with Gasteiger partial charge in [0.15, 0.2) is 0 Å². The number of rotatable bonds is 1. The number of aromatic nitrogens is 1.